The average Bonchev–Trinajstić information content (AvgIpc) is 2.90. The fourth-order valence-electron chi connectivity index (χ4n) is 1.87. The van der Waals surface area contributed by atoms with Gasteiger partial charge in [0.1, 0.15) is 5.69 Å². The van der Waals surface area contributed by atoms with E-state index < -0.39 is 0 Å². The van der Waals surface area contributed by atoms with E-state index >= 15 is 0 Å². The molecule has 0 bridgehead atoms. The highest BCUT2D eigenvalue weighted by Crippen LogP contribution is 2.17. The topological polar surface area (TPSA) is 51.0 Å². The van der Waals surface area contributed by atoms with Crippen LogP contribution in [0.2, 0.25) is 0 Å². The lowest BCUT2D eigenvalue weighted by Crippen LogP contribution is -2.26. The summed E-state index contributed by atoms with van der Waals surface area (Å²) in [5.41, 5.74) is 1.82. The van der Waals surface area contributed by atoms with Gasteiger partial charge in [0, 0.05) is 30.1 Å². The first kappa shape index (κ1) is 12.8. The summed E-state index contributed by atoms with van der Waals surface area (Å²) in [6.07, 6.45) is 5.79. The van der Waals surface area contributed by atoms with Gasteiger partial charge in [-0.1, -0.05) is 19.0 Å². The van der Waals surface area contributed by atoms with Crippen LogP contribution in [0.4, 0.5) is 0 Å². The maximum Gasteiger partial charge on any atom is 0.151 e. The van der Waals surface area contributed by atoms with Crippen molar-refractivity contribution in [3.63, 3.8) is 0 Å². The highest BCUT2D eigenvalue weighted by atomic mass is 16.5. The highest BCUT2D eigenvalue weighted by molar-refractivity contribution is 5.56. The Labute approximate surface area is 107 Å². The molecule has 0 radical (unpaired) electrons. The molecular formula is C14H19N3O. The molecule has 2 aromatic heterocycles. The molecule has 18 heavy (non-hydrogen) atoms. The lowest BCUT2D eigenvalue weighted by atomic mass is 10.1. The predicted octanol–water partition coefficient (Wildman–Crippen LogP) is 3.01. The second-order valence-corrected chi connectivity index (χ2v) is 4.31. The number of rotatable bonds is 6. The van der Waals surface area contributed by atoms with Gasteiger partial charge in [0.15, 0.2) is 5.76 Å². The average molecular weight is 245 g/mol. The fraction of sp³-hybridized carbons (Fsp3) is 0.429. The summed E-state index contributed by atoms with van der Waals surface area (Å²) in [4.78, 5) is 4.07. The first-order valence-electron chi connectivity index (χ1n) is 6.42. The maximum absolute atomic E-state index is 5.32. The zero-order chi connectivity index (χ0) is 12.8. The van der Waals surface area contributed by atoms with E-state index in [9.17, 15) is 0 Å². The van der Waals surface area contributed by atoms with Gasteiger partial charge in [0.25, 0.3) is 0 Å². The molecule has 0 saturated carbocycles. The lowest BCUT2D eigenvalue weighted by molar-refractivity contribution is 0.360. The van der Waals surface area contributed by atoms with Crippen molar-refractivity contribution in [2.24, 2.45) is 0 Å². The van der Waals surface area contributed by atoms with Crippen molar-refractivity contribution in [1.29, 1.82) is 0 Å². The Morgan fingerprint density at radius 1 is 1.33 bits per heavy atom. The summed E-state index contributed by atoms with van der Waals surface area (Å²) < 4.78 is 5.32. The summed E-state index contributed by atoms with van der Waals surface area (Å²) >= 11 is 0. The SMILES string of the molecule is CCC(CC)NCc1cc(-c2cccnc2)no1. The Morgan fingerprint density at radius 3 is 2.83 bits per heavy atom. The van der Waals surface area contributed by atoms with E-state index in [0.717, 1.165) is 36.4 Å². The van der Waals surface area contributed by atoms with Crippen LogP contribution in [-0.4, -0.2) is 16.2 Å². The van der Waals surface area contributed by atoms with Crippen molar-refractivity contribution >= 4 is 0 Å². The number of nitrogens with one attached hydrogen (secondary N) is 1. The first-order chi connectivity index (χ1) is 8.83. The van der Waals surface area contributed by atoms with Crippen LogP contribution >= 0.6 is 0 Å². The third-order valence-electron chi connectivity index (χ3n) is 3.07. The van der Waals surface area contributed by atoms with Crippen molar-refractivity contribution in [3.05, 3.63) is 36.4 Å². The van der Waals surface area contributed by atoms with Crippen LogP contribution in [0.5, 0.6) is 0 Å². The number of pyridine rings is 1. The maximum atomic E-state index is 5.32. The van der Waals surface area contributed by atoms with E-state index in [1.807, 2.05) is 18.2 Å². The summed E-state index contributed by atoms with van der Waals surface area (Å²) in [5.74, 6) is 0.862. The molecule has 2 rings (SSSR count). The van der Waals surface area contributed by atoms with E-state index in [0.29, 0.717) is 6.04 Å². The molecule has 96 valence electrons. The van der Waals surface area contributed by atoms with Gasteiger partial charge >= 0.3 is 0 Å². The quantitative estimate of drug-likeness (QED) is 0.850. The van der Waals surface area contributed by atoms with Crippen molar-refractivity contribution in [2.75, 3.05) is 0 Å². The third-order valence-corrected chi connectivity index (χ3v) is 3.07. The lowest BCUT2D eigenvalue weighted by Gasteiger charge is -2.12. The van der Waals surface area contributed by atoms with Crippen LogP contribution in [0, 0.1) is 0 Å². The molecule has 0 aromatic carbocycles. The Hall–Kier alpha value is -1.68. The minimum atomic E-state index is 0.539. The molecule has 2 aromatic rings. The predicted molar refractivity (Wildman–Crippen MR) is 70.9 cm³/mol. The Kier molecular flexibility index (Phi) is 4.47. The number of aromatic nitrogens is 2. The summed E-state index contributed by atoms with van der Waals surface area (Å²) in [6, 6.07) is 6.37. The minimum Gasteiger partial charge on any atom is -0.359 e. The van der Waals surface area contributed by atoms with Gasteiger partial charge in [-0.2, -0.15) is 0 Å². The first-order valence-corrected chi connectivity index (χ1v) is 6.42. The molecule has 0 spiro atoms. The molecule has 0 aliphatic carbocycles. The minimum absolute atomic E-state index is 0.539. The zero-order valence-corrected chi connectivity index (χ0v) is 10.9. The zero-order valence-electron chi connectivity index (χ0n) is 10.9. The van der Waals surface area contributed by atoms with E-state index in [2.05, 4.69) is 29.3 Å². The highest BCUT2D eigenvalue weighted by Gasteiger charge is 2.08. The van der Waals surface area contributed by atoms with Crippen LogP contribution < -0.4 is 5.32 Å². The van der Waals surface area contributed by atoms with Gasteiger partial charge in [0.05, 0.1) is 6.54 Å². The smallest absolute Gasteiger partial charge is 0.151 e. The van der Waals surface area contributed by atoms with E-state index in [1.165, 1.54) is 0 Å². The van der Waals surface area contributed by atoms with Crippen LogP contribution in [-0.2, 0) is 6.54 Å². The molecule has 2 heterocycles. The molecule has 0 amide bonds. The van der Waals surface area contributed by atoms with Gasteiger partial charge in [-0.15, -0.1) is 0 Å². The van der Waals surface area contributed by atoms with Crippen molar-refractivity contribution in [2.45, 2.75) is 39.3 Å². The van der Waals surface area contributed by atoms with Gasteiger partial charge < -0.3 is 9.84 Å². The van der Waals surface area contributed by atoms with Crippen molar-refractivity contribution in [1.82, 2.24) is 15.5 Å². The molecule has 4 nitrogen and oxygen atoms in total. The molecule has 0 unspecified atom stereocenters. The van der Waals surface area contributed by atoms with Gasteiger partial charge in [-0.25, -0.2) is 0 Å². The van der Waals surface area contributed by atoms with Crippen molar-refractivity contribution in [3.8, 4) is 11.3 Å². The Balaban J connectivity index is 1.98. The fourth-order valence-corrected chi connectivity index (χ4v) is 1.87. The molecule has 0 aliphatic heterocycles. The summed E-state index contributed by atoms with van der Waals surface area (Å²) in [5, 5.41) is 7.51. The molecule has 0 atom stereocenters. The van der Waals surface area contributed by atoms with Crippen LogP contribution in [0.15, 0.2) is 35.1 Å². The second kappa shape index (κ2) is 6.31. The standard InChI is InChI=1S/C14H19N3O/c1-3-12(4-2)16-10-13-8-14(17-18-13)11-6-5-7-15-9-11/h5-9,12,16H,3-4,10H2,1-2H3. The Bertz CT molecular complexity index is 463. The molecule has 4 heteroatoms. The second-order valence-electron chi connectivity index (χ2n) is 4.31. The molecule has 0 saturated heterocycles. The number of nitrogens with zero attached hydrogens (tertiary/aromatic N) is 2. The molecular weight excluding hydrogens is 226 g/mol. The van der Waals surface area contributed by atoms with E-state index in [-0.39, 0.29) is 0 Å². The Morgan fingerprint density at radius 2 is 2.17 bits per heavy atom. The largest absolute Gasteiger partial charge is 0.359 e. The monoisotopic (exact) mass is 245 g/mol. The molecule has 1 N–H and O–H groups in total. The van der Waals surface area contributed by atoms with E-state index in [4.69, 9.17) is 4.52 Å². The van der Waals surface area contributed by atoms with Crippen LogP contribution in [0.3, 0.4) is 0 Å². The normalized spacial score (nSPS) is 11.1. The molecule has 0 aliphatic rings. The van der Waals surface area contributed by atoms with Gasteiger partial charge in [-0.05, 0) is 25.0 Å². The molecule has 0 fully saturated rings. The van der Waals surface area contributed by atoms with Crippen molar-refractivity contribution < 1.29 is 4.52 Å². The number of hydrogen-bond acceptors (Lipinski definition) is 4. The van der Waals surface area contributed by atoms with Gasteiger partial charge in [0.2, 0.25) is 0 Å². The van der Waals surface area contributed by atoms with E-state index in [1.54, 1.807) is 12.4 Å². The van der Waals surface area contributed by atoms with Gasteiger partial charge in [-0.3, -0.25) is 4.98 Å². The van der Waals surface area contributed by atoms with Crippen LogP contribution in [0.25, 0.3) is 11.3 Å². The van der Waals surface area contributed by atoms with Crippen LogP contribution in [0.1, 0.15) is 32.4 Å². The summed E-state index contributed by atoms with van der Waals surface area (Å²) in [6.45, 7) is 5.09. The third kappa shape index (κ3) is 3.17. The summed E-state index contributed by atoms with van der Waals surface area (Å²) in [7, 11) is 0. The number of hydrogen-bond donors (Lipinski definition) is 1.